The lowest BCUT2D eigenvalue weighted by Gasteiger charge is -2.32. The molecule has 3 fully saturated rings. The van der Waals surface area contributed by atoms with E-state index in [1.807, 2.05) is 0 Å². The second-order valence-corrected chi connectivity index (χ2v) is 9.40. The summed E-state index contributed by atoms with van der Waals surface area (Å²) in [5.74, 6) is -1.74. The average molecular weight is 455 g/mol. The first-order chi connectivity index (χ1) is 15.7. The Labute approximate surface area is 189 Å². The second kappa shape index (κ2) is 7.95. The van der Waals surface area contributed by atoms with Crippen LogP contribution in [0.15, 0.2) is 18.2 Å². The highest BCUT2D eigenvalue weighted by molar-refractivity contribution is 6.23. The van der Waals surface area contributed by atoms with Crippen LogP contribution in [0.1, 0.15) is 59.2 Å². The fourth-order valence-corrected chi connectivity index (χ4v) is 5.62. The smallest absolute Gasteiger partial charge is 0.262 e. The van der Waals surface area contributed by atoms with E-state index in [2.05, 4.69) is 10.6 Å². The Balaban J connectivity index is 1.19. The molecular weight excluding hydrogens is 430 g/mol. The Kier molecular flexibility index (Phi) is 5.19. The molecule has 174 valence electrons. The van der Waals surface area contributed by atoms with Gasteiger partial charge in [-0.2, -0.15) is 0 Å². The van der Waals surface area contributed by atoms with E-state index in [0.717, 1.165) is 24.2 Å². The first kappa shape index (κ1) is 21.6. The summed E-state index contributed by atoms with van der Waals surface area (Å²) >= 11 is 0. The van der Waals surface area contributed by atoms with Gasteiger partial charge < -0.3 is 15.2 Å². The monoisotopic (exact) mass is 455 g/mol. The summed E-state index contributed by atoms with van der Waals surface area (Å²) in [5.41, 5.74) is -0.628. The molecule has 2 bridgehead atoms. The molecule has 4 atom stereocenters. The average Bonchev–Trinajstić information content (AvgIpc) is 3.44. The Hall–Kier alpha value is -3.27. The van der Waals surface area contributed by atoms with Crippen molar-refractivity contribution >= 4 is 29.5 Å². The molecule has 0 spiro atoms. The maximum absolute atomic E-state index is 12.8. The molecule has 1 aromatic carbocycles. The normalized spacial score (nSPS) is 30.5. The number of benzene rings is 1. The van der Waals surface area contributed by atoms with Crippen molar-refractivity contribution in [2.75, 3.05) is 13.2 Å². The van der Waals surface area contributed by atoms with Gasteiger partial charge in [0.15, 0.2) is 6.61 Å². The Morgan fingerprint density at radius 1 is 1.15 bits per heavy atom. The van der Waals surface area contributed by atoms with Gasteiger partial charge in [0.25, 0.3) is 17.7 Å². The van der Waals surface area contributed by atoms with E-state index < -0.39 is 35.3 Å². The minimum Gasteiger partial charge on any atom is -0.484 e. The molecule has 33 heavy (non-hydrogen) atoms. The van der Waals surface area contributed by atoms with Crippen molar-refractivity contribution in [1.82, 2.24) is 15.5 Å². The van der Waals surface area contributed by atoms with Gasteiger partial charge in [0.1, 0.15) is 11.8 Å². The van der Waals surface area contributed by atoms with E-state index in [1.54, 1.807) is 0 Å². The maximum atomic E-state index is 12.8. The maximum Gasteiger partial charge on any atom is 0.262 e. The summed E-state index contributed by atoms with van der Waals surface area (Å²) in [6.07, 6.45) is 3.98. The number of nitrogens with zero attached hydrogens (tertiary/aromatic N) is 1. The minimum absolute atomic E-state index is 0.0454. The zero-order valence-corrected chi connectivity index (χ0v) is 18.0. The molecule has 2 aliphatic carbocycles. The van der Waals surface area contributed by atoms with Crippen LogP contribution < -0.4 is 15.4 Å². The van der Waals surface area contributed by atoms with Crippen molar-refractivity contribution in [3.8, 4) is 5.75 Å². The lowest BCUT2D eigenvalue weighted by Crippen LogP contribution is -2.54. The predicted molar refractivity (Wildman–Crippen MR) is 112 cm³/mol. The van der Waals surface area contributed by atoms with E-state index in [4.69, 9.17) is 4.74 Å². The number of ether oxygens (including phenoxy) is 1. The number of amides is 5. The Morgan fingerprint density at radius 2 is 1.94 bits per heavy atom. The van der Waals surface area contributed by atoms with Crippen molar-refractivity contribution in [1.29, 1.82) is 0 Å². The first-order valence-corrected chi connectivity index (χ1v) is 11.2. The number of nitrogens with one attached hydrogen (secondary N) is 2. The number of hydrogen-bond acceptors (Lipinski definition) is 7. The van der Waals surface area contributed by atoms with Crippen molar-refractivity contribution in [2.45, 2.75) is 50.2 Å². The third-order valence-corrected chi connectivity index (χ3v) is 7.32. The Bertz CT molecular complexity index is 1070. The van der Waals surface area contributed by atoms with Gasteiger partial charge in [-0.05, 0) is 62.1 Å². The fourth-order valence-electron chi connectivity index (χ4n) is 5.62. The number of rotatable bonds is 6. The molecule has 10 nitrogen and oxygen atoms in total. The van der Waals surface area contributed by atoms with Crippen LogP contribution in [0.25, 0.3) is 0 Å². The van der Waals surface area contributed by atoms with Gasteiger partial charge in [-0.1, -0.05) is 0 Å². The molecular formula is C23H25N3O7. The summed E-state index contributed by atoms with van der Waals surface area (Å²) in [6, 6.07) is 3.24. The topological polar surface area (TPSA) is 142 Å². The standard InChI is InChI=1S/C23H25N3O7/c27-18-6-5-17(20(29)25-18)26-21(30)15-4-3-14(8-16(15)22(26)31)33-10-19(28)24-11-23(32)9-12-1-2-13(23)7-12/h3-4,8,12-13,17,32H,1-2,5-7,9-11H2,(H,24,28)(H,25,27,29)/t12-,13+,17?,23-/m1/s1. The van der Waals surface area contributed by atoms with Crippen molar-refractivity contribution < 1.29 is 33.8 Å². The predicted octanol–water partition coefficient (Wildman–Crippen LogP) is 0.134. The quantitative estimate of drug-likeness (QED) is 0.518. The third kappa shape index (κ3) is 3.78. The summed E-state index contributed by atoms with van der Waals surface area (Å²) in [5, 5.41) is 15.6. The summed E-state index contributed by atoms with van der Waals surface area (Å²) in [6.45, 7) is -0.115. The lowest BCUT2D eigenvalue weighted by atomic mass is 9.84. The van der Waals surface area contributed by atoms with Crippen molar-refractivity contribution in [2.24, 2.45) is 11.8 Å². The molecule has 5 rings (SSSR count). The van der Waals surface area contributed by atoms with E-state index in [1.165, 1.54) is 18.2 Å². The zero-order chi connectivity index (χ0) is 23.3. The third-order valence-electron chi connectivity index (χ3n) is 7.32. The highest BCUT2D eigenvalue weighted by Gasteiger charge is 2.50. The molecule has 5 amide bonds. The molecule has 0 aromatic heterocycles. The first-order valence-electron chi connectivity index (χ1n) is 11.2. The number of aliphatic hydroxyl groups is 1. The second-order valence-electron chi connectivity index (χ2n) is 9.40. The van der Waals surface area contributed by atoms with Gasteiger partial charge in [0.2, 0.25) is 11.8 Å². The van der Waals surface area contributed by atoms with Crippen LogP contribution in [0, 0.1) is 11.8 Å². The minimum atomic E-state index is -1.04. The van der Waals surface area contributed by atoms with Crippen LogP contribution in [0.5, 0.6) is 5.75 Å². The number of piperidine rings is 1. The number of imide groups is 2. The van der Waals surface area contributed by atoms with E-state index in [-0.39, 0.29) is 54.7 Å². The molecule has 0 radical (unpaired) electrons. The van der Waals surface area contributed by atoms with Gasteiger partial charge >= 0.3 is 0 Å². The number of hydrogen-bond donors (Lipinski definition) is 3. The SMILES string of the molecule is O=C(COc1ccc2c(c1)C(=O)N(C1CCC(=O)NC1=O)C2=O)NC[C@]1(O)C[C@@H]2CC[C@H]1C2. The molecule has 10 heteroatoms. The van der Waals surface area contributed by atoms with Gasteiger partial charge in [0.05, 0.1) is 16.7 Å². The number of fused-ring (bicyclic) bond motifs is 3. The van der Waals surface area contributed by atoms with Crippen LogP contribution in [-0.4, -0.2) is 64.3 Å². The molecule has 2 saturated carbocycles. The molecule has 3 N–H and O–H groups in total. The van der Waals surface area contributed by atoms with Crippen LogP contribution >= 0.6 is 0 Å². The molecule has 1 saturated heterocycles. The fraction of sp³-hybridized carbons (Fsp3) is 0.522. The molecule has 1 unspecified atom stereocenters. The largest absolute Gasteiger partial charge is 0.484 e. The highest BCUT2D eigenvalue weighted by atomic mass is 16.5. The van der Waals surface area contributed by atoms with Gasteiger partial charge in [-0.15, -0.1) is 0 Å². The van der Waals surface area contributed by atoms with E-state index >= 15 is 0 Å². The van der Waals surface area contributed by atoms with Crippen LogP contribution in [0.4, 0.5) is 0 Å². The van der Waals surface area contributed by atoms with E-state index in [9.17, 15) is 29.1 Å². The molecule has 2 aliphatic heterocycles. The van der Waals surface area contributed by atoms with Crippen molar-refractivity contribution in [3.05, 3.63) is 29.3 Å². The zero-order valence-electron chi connectivity index (χ0n) is 18.0. The lowest BCUT2D eigenvalue weighted by molar-refractivity contribution is -0.136. The summed E-state index contributed by atoms with van der Waals surface area (Å²) < 4.78 is 5.50. The van der Waals surface area contributed by atoms with Gasteiger partial charge in [-0.25, -0.2) is 0 Å². The Morgan fingerprint density at radius 3 is 2.64 bits per heavy atom. The van der Waals surface area contributed by atoms with Crippen LogP contribution in [-0.2, 0) is 14.4 Å². The number of carbonyl (C=O) groups excluding carboxylic acids is 5. The van der Waals surface area contributed by atoms with Gasteiger partial charge in [-0.3, -0.25) is 34.2 Å². The van der Waals surface area contributed by atoms with Gasteiger partial charge in [0, 0.05) is 13.0 Å². The highest BCUT2D eigenvalue weighted by Crippen LogP contribution is 2.50. The molecule has 1 aromatic rings. The van der Waals surface area contributed by atoms with E-state index in [0.29, 0.717) is 12.3 Å². The van der Waals surface area contributed by atoms with Crippen molar-refractivity contribution in [3.63, 3.8) is 0 Å². The van der Waals surface area contributed by atoms with Crippen LogP contribution in [0.3, 0.4) is 0 Å². The number of carbonyl (C=O) groups is 5. The molecule has 2 heterocycles. The summed E-state index contributed by atoms with van der Waals surface area (Å²) in [4.78, 5) is 62.2. The molecule has 4 aliphatic rings. The van der Waals surface area contributed by atoms with Crippen LogP contribution in [0.2, 0.25) is 0 Å². The summed E-state index contributed by atoms with van der Waals surface area (Å²) in [7, 11) is 0.